The topological polar surface area (TPSA) is 83.5 Å². The minimum atomic E-state index is -3.65. The lowest BCUT2D eigenvalue weighted by Gasteiger charge is -2.29. The molecule has 1 aromatic rings. The number of nitrogens with one attached hydrogen (secondary N) is 1. The molecule has 1 N–H and O–H groups in total. The fourth-order valence-corrected chi connectivity index (χ4v) is 4.89. The van der Waals surface area contributed by atoms with Crippen LogP contribution in [0.1, 0.15) is 19.8 Å². The monoisotopic (exact) mass is 358 g/mol. The van der Waals surface area contributed by atoms with Crippen LogP contribution < -0.4 is 4.72 Å². The third-order valence-corrected chi connectivity index (χ3v) is 7.28. The molecule has 2 rings (SSSR count). The van der Waals surface area contributed by atoms with Crippen molar-refractivity contribution in [2.75, 3.05) is 19.6 Å². The van der Waals surface area contributed by atoms with Gasteiger partial charge >= 0.3 is 0 Å². The van der Waals surface area contributed by atoms with Crippen molar-refractivity contribution in [3.8, 4) is 0 Å². The maximum absolute atomic E-state index is 12.6. The summed E-state index contributed by atoms with van der Waals surface area (Å²) in [5, 5.41) is 0. The number of nitrogens with zero attached hydrogens (tertiary/aromatic N) is 1. The Balaban J connectivity index is 2.20. The van der Waals surface area contributed by atoms with E-state index in [1.807, 2.05) is 0 Å². The van der Waals surface area contributed by atoms with Gasteiger partial charge in [-0.3, -0.25) is 0 Å². The Bertz CT molecular complexity index is 747. The largest absolute Gasteiger partial charge is 0.243 e. The van der Waals surface area contributed by atoms with Gasteiger partial charge in [-0.2, -0.15) is 4.31 Å². The van der Waals surface area contributed by atoms with E-state index in [0.29, 0.717) is 19.0 Å². The number of hydrogen-bond donors (Lipinski definition) is 1. The highest BCUT2D eigenvalue weighted by atomic mass is 32.2. The van der Waals surface area contributed by atoms with Gasteiger partial charge in [-0.15, -0.1) is 6.58 Å². The lowest BCUT2D eigenvalue weighted by Crippen LogP contribution is -2.37. The van der Waals surface area contributed by atoms with Crippen molar-refractivity contribution < 1.29 is 16.8 Å². The predicted molar refractivity (Wildman–Crippen MR) is 89.0 cm³/mol. The molecule has 128 valence electrons. The van der Waals surface area contributed by atoms with E-state index in [2.05, 4.69) is 18.2 Å². The first kappa shape index (κ1) is 18.1. The molecule has 1 saturated heterocycles. The van der Waals surface area contributed by atoms with Crippen molar-refractivity contribution >= 4 is 20.0 Å². The van der Waals surface area contributed by atoms with Crippen LogP contribution in [-0.4, -0.2) is 40.8 Å². The van der Waals surface area contributed by atoms with Crippen LogP contribution in [-0.2, 0) is 20.0 Å². The zero-order valence-corrected chi connectivity index (χ0v) is 14.7. The second kappa shape index (κ2) is 7.12. The lowest BCUT2D eigenvalue weighted by atomic mass is 10.0. The third kappa shape index (κ3) is 4.20. The van der Waals surface area contributed by atoms with Crippen LogP contribution >= 0.6 is 0 Å². The molecule has 1 aliphatic heterocycles. The summed E-state index contributed by atoms with van der Waals surface area (Å²) < 4.78 is 52.9. The van der Waals surface area contributed by atoms with Gasteiger partial charge in [-0.05, 0) is 43.0 Å². The maximum atomic E-state index is 12.6. The molecule has 0 radical (unpaired) electrons. The highest BCUT2D eigenvalue weighted by Gasteiger charge is 2.28. The number of piperidine rings is 1. The van der Waals surface area contributed by atoms with Crippen LogP contribution in [0.5, 0.6) is 0 Å². The Kier molecular flexibility index (Phi) is 5.61. The molecular weight excluding hydrogens is 336 g/mol. The molecule has 0 amide bonds. The standard InChI is InChI=1S/C15H22N2O4S2/c1-3-10-16-22(18,19)14-4-6-15(7-5-14)23(20,21)17-11-8-13(2)9-12-17/h3-7,13,16H,1,8-12H2,2H3. The molecule has 0 unspecified atom stereocenters. The van der Waals surface area contributed by atoms with Crippen molar-refractivity contribution in [3.63, 3.8) is 0 Å². The molecule has 0 aliphatic carbocycles. The van der Waals surface area contributed by atoms with Gasteiger partial charge in [-0.25, -0.2) is 21.6 Å². The highest BCUT2D eigenvalue weighted by molar-refractivity contribution is 7.89. The molecule has 8 heteroatoms. The number of benzene rings is 1. The van der Waals surface area contributed by atoms with Crippen molar-refractivity contribution in [1.82, 2.24) is 9.03 Å². The molecule has 0 bridgehead atoms. The summed E-state index contributed by atoms with van der Waals surface area (Å²) in [5.41, 5.74) is 0. The second-order valence-electron chi connectivity index (χ2n) is 5.70. The van der Waals surface area contributed by atoms with Crippen LogP contribution in [0, 0.1) is 5.92 Å². The average molecular weight is 358 g/mol. The van der Waals surface area contributed by atoms with E-state index in [-0.39, 0.29) is 16.3 Å². The first-order chi connectivity index (χ1) is 10.8. The molecule has 0 aromatic heterocycles. The average Bonchev–Trinajstić information content (AvgIpc) is 2.53. The molecule has 1 aliphatic rings. The number of hydrogen-bond acceptors (Lipinski definition) is 4. The van der Waals surface area contributed by atoms with Crippen LogP contribution in [0.15, 0.2) is 46.7 Å². The van der Waals surface area contributed by atoms with Gasteiger partial charge in [0.15, 0.2) is 0 Å². The molecular formula is C15H22N2O4S2. The minimum Gasteiger partial charge on any atom is -0.207 e. The van der Waals surface area contributed by atoms with Gasteiger partial charge in [0.2, 0.25) is 20.0 Å². The smallest absolute Gasteiger partial charge is 0.207 e. The van der Waals surface area contributed by atoms with Gasteiger partial charge in [0.05, 0.1) is 9.79 Å². The quantitative estimate of drug-likeness (QED) is 0.783. The van der Waals surface area contributed by atoms with E-state index < -0.39 is 20.0 Å². The second-order valence-corrected chi connectivity index (χ2v) is 9.40. The number of sulfonamides is 2. The Morgan fingerprint density at radius 3 is 2.17 bits per heavy atom. The Morgan fingerprint density at radius 2 is 1.65 bits per heavy atom. The highest BCUT2D eigenvalue weighted by Crippen LogP contribution is 2.24. The molecule has 6 nitrogen and oxygen atoms in total. The fourth-order valence-electron chi connectivity index (χ4n) is 2.42. The first-order valence-electron chi connectivity index (χ1n) is 7.48. The molecule has 1 aromatic carbocycles. The SMILES string of the molecule is C=CCNS(=O)(=O)c1ccc(S(=O)(=O)N2CCC(C)CC2)cc1. The van der Waals surface area contributed by atoms with Crippen LogP contribution in [0.2, 0.25) is 0 Å². The van der Waals surface area contributed by atoms with Crippen molar-refractivity contribution in [2.24, 2.45) is 5.92 Å². The molecule has 0 spiro atoms. The third-order valence-electron chi connectivity index (χ3n) is 3.93. The fraction of sp³-hybridized carbons (Fsp3) is 0.467. The number of rotatable bonds is 6. The maximum Gasteiger partial charge on any atom is 0.243 e. The van der Waals surface area contributed by atoms with E-state index in [4.69, 9.17) is 0 Å². The molecule has 0 saturated carbocycles. The summed E-state index contributed by atoms with van der Waals surface area (Å²) in [6, 6.07) is 5.31. The Morgan fingerprint density at radius 1 is 1.13 bits per heavy atom. The van der Waals surface area contributed by atoms with E-state index in [1.54, 1.807) is 0 Å². The summed E-state index contributed by atoms with van der Waals surface area (Å²) in [7, 11) is -7.21. The summed E-state index contributed by atoms with van der Waals surface area (Å²) in [6.45, 7) is 6.69. The van der Waals surface area contributed by atoms with Crippen molar-refractivity contribution in [2.45, 2.75) is 29.6 Å². The van der Waals surface area contributed by atoms with Crippen molar-refractivity contribution in [1.29, 1.82) is 0 Å². The van der Waals surface area contributed by atoms with Gasteiger partial charge < -0.3 is 0 Å². The normalized spacial score (nSPS) is 18.0. The lowest BCUT2D eigenvalue weighted by molar-refractivity contribution is 0.288. The summed E-state index contributed by atoms with van der Waals surface area (Å²) in [6.07, 6.45) is 3.13. The van der Waals surface area contributed by atoms with E-state index >= 15 is 0 Å². The summed E-state index contributed by atoms with van der Waals surface area (Å²) in [5.74, 6) is 0.532. The minimum absolute atomic E-state index is 0.0329. The summed E-state index contributed by atoms with van der Waals surface area (Å²) in [4.78, 5) is 0.153. The van der Waals surface area contributed by atoms with Crippen molar-refractivity contribution in [3.05, 3.63) is 36.9 Å². The van der Waals surface area contributed by atoms with Crippen LogP contribution in [0.3, 0.4) is 0 Å². The van der Waals surface area contributed by atoms with Crippen LogP contribution in [0.4, 0.5) is 0 Å². The van der Waals surface area contributed by atoms with Gasteiger partial charge in [-0.1, -0.05) is 13.0 Å². The Labute approximate surface area is 138 Å². The van der Waals surface area contributed by atoms with Gasteiger partial charge in [0.1, 0.15) is 0 Å². The van der Waals surface area contributed by atoms with E-state index in [0.717, 1.165) is 12.8 Å². The Hall–Kier alpha value is -1.22. The zero-order chi connectivity index (χ0) is 17.1. The van der Waals surface area contributed by atoms with Gasteiger partial charge in [0.25, 0.3) is 0 Å². The van der Waals surface area contributed by atoms with E-state index in [1.165, 1.54) is 34.6 Å². The van der Waals surface area contributed by atoms with Gasteiger partial charge in [0, 0.05) is 19.6 Å². The first-order valence-corrected chi connectivity index (χ1v) is 10.4. The van der Waals surface area contributed by atoms with E-state index in [9.17, 15) is 16.8 Å². The summed E-state index contributed by atoms with van der Waals surface area (Å²) >= 11 is 0. The van der Waals surface area contributed by atoms with Crippen LogP contribution in [0.25, 0.3) is 0 Å². The zero-order valence-electron chi connectivity index (χ0n) is 13.1. The molecule has 0 atom stereocenters. The molecule has 1 heterocycles. The predicted octanol–water partition coefficient (Wildman–Crippen LogP) is 1.57. The molecule has 1 fully saturated rings. The molecule has 23 heavy (non-hydrogen) atoms.